The minimum atomic E-state index is -0.530. The summed E-state index contributed by atoms with van der Waals surface area (Å²) in [6, 6.07) is 10.4. The lowest BCUT2D eigenvalue weighted by Gasteiger charge is -2.22. The highest BCUT2D eigenvalue weighted by molar-refractivity contribution is 9.10. The highest BCUT2D eigenvalue weighted by Crippen LogP contribution is 2.42. The van der Waals surface area contributed by atoms with E-state index in [0.717, 1.165) is 10.0 Å². The first-order valence-electron chi connectivity index (χ1n) is 7.16. The molecule has 2 aromatic rings. The van der Waals surface area contributed by atoms with Crippen molar-refractivity contribution in [3.05, 3.63) is 57.0 Å². The Balaban J connectivity index is 1.91. The molecule has 1 aliphatic heterocycles. The Morgan fingerprint density at radius 1 is 1.25 bits per heavy atom. The smallest absolute Gasteiger partial charge is 0.340 e. The van der Waals surface area contributed by atoms with Gasteiger partial charge in [0.15, 0.2) is 11.5 Å². The molecular weight excluding hydrogens is 463 g/mol. The molecule has 7 heteroatoms. The van der Waals surface area contributed by atoms with E-state index in [0.29, 0.717) is 22.1 Å². The van der Waals surface area contributed by atoms with E-state index in [1.54, 1.807) is 24.3 Å². The second-order valence-electron chi connectivity index (χ2n) is 5.21. The van der Waals surface area contributed by atoms with E-state index < -0.39 is 12.1 Å². The van der Waals surface area contributed by atoms with Crippen LogP contribution < -0.4 is 9.47 Å². The number of alkyl halides is 1. The number of rotatable bonds is 4. The van der Waals surface area contributed by atoms with Gasteiger partial charge >= 0.3 is 5.97 Å². The molecule has 0 saturated carbocycles. The molecule has 0 aliphatic carbocycles. The zero-order valence-corrected chi connectivity index (χ0v) is 16.5. The Labute approximate surface area is 161 Å². The topological polar surface area (TPSA) is 44.8 Å². The van der Waals surface area contributed by atoms with Gasteiger partial charge < -0.3 is 14.2 Å². The van der Waals surface area contributed by atoms with E-state index in [2.05, 4.69) is 31.9 Å². The van der Waals surface area contributed by atoms with Crippen molar-refractivity contribution in [2.45, 2.75) is 17.9 Å². The maximum absolute atomic E-state index is 12.5. The SMILES string of the molecule is C[C@@H](Br)[C@H](OC(=O)c1ccccc1Cl)c1cc2c(cc1Br)OCO2. The van der Waals surface area contributed by atoms with E-state index in [4.69, 9.17) is 25.8 Å². The molecule has 3 rings (SSSR count). The van der Waals surface area contributed by atoms with Crippen molar-refractivity contribution in [2.24, 2.45) is 0 Å². The number of hydrogen-bond donors (Lipinski definition) is 0. The van der Waals surface area contributed by atoms with Crippen molar-refractivity contribution >= 4 is 49.4 Å². The number of benzene rings is 2. The molecule has 1 heterocycles. The van der Waals surface area contributed by atoms with Crippen molar-refractivity contribution in [3.63, 3.8) is 0 Å². The normalized spacial score (nSPS) is 15.0. The zero-order valence-electron chi connectivity index (χ0n) is 12.6. The minimum absolute atomic E-state index is 0.124. The predicted molar refractivity (Wildman–Crippen MR) is 98.3 cm³/mol. The van der Waals surface area contributed by atoms with Crippen molar-refractivity contribution in [1.29, 1.82) is 0 Å². The fraction of sp³-hybridized carbons (Fsp3) is 0.235. The number of carbonyl (C=O) groups excluding carboxylic acids is 1. The maximum atomic E-state index is 12.5. The second kappa shape index (κ2) is 7.33. The number of hydrogen-bond acceptors (Lipinski definition) is 4. The molecule has 126 valence electrons. The van der Waals surface area contributed by atoms with Crippen LogP contribution in [-0.2, 0) is 4.74 Å². The largest absolute Gasteiger partial charge is 0.454 e. The van der Waals surface area contributed by atoms with Gasteiger partial charge in [-0.3, -0.25) is 0 Å². The average molecular weight is 477 g/mol. The number of ether oxygens (including phenoxy) is 3. The Morgan fingerprint density at radius 2 is 1.92 bits per heavy atom. The summed E-state index contributed by atoms with van der Waals surface area (Å²) in [6.07, 6.45) is -0.530. The molecule has 0 aromatic heterocycles. The molecule has 0 N–H and O–H groups in total. The Hall–Kier alpha value is -1.24. The fourth-order valence-corrected chi connectivity index (χ4v) is 3.51. The second-order valence-corrected chi connectivity index (χ2v) is 7.92. The number of halogens is 3. The van der Waals surface area contributed by atoms with Crippen molar-refractivity contribution < 1.29 is 19.0 Å². The molecule has 2 aromatic carbocycles. The van der Waals surface area contributed by atoms with Gasteiger partial charge in [0.2, 0.25) is 6.79 Å². The van der Waals surface area contributed by atoms with Crippen LogP contribution in [0.4, 0.5) is 0 Å². The van der Waals surface area contributed by atoms with Crippen LogP contribution in [0.5, 0.6) is 11.5 Å². The van der Waals surface area contributed by atoms with Crippen LogP contribution in [0.2, 0.25) is 5.02 Å². The maximum Gasteiger partial charge on any atom is 0.340 e. The van der Waals surface area contributed by atoms with Crippen molar-refractivity contribution in [3.8, 4) is 11.5 Å². The van der Waals surface area contributed by atoms with E-state index in [1.165, 1.54) is 0 Å². The van der Waals surface area contributed by atoms with Gasteiger partial charge in [-0.25, -0.2) is 4.79 Å². The van der Waals surface area contributed by atoms with E-state index in [1.807, 2.05) is 19.1 Å². The number of carbonyl (C=O) groups is 1. The third-order valence-corrected chi connectivity index (χ3v) is 5.04. The van der Waals surface area contributed by atoms with E-state index in [9.17, 15) is 4.79 Å². The van der Waals surface area contributed by atoms with Crippen LogP contribution in [-0.4, -0.2) is 17.6 Å². The Kier molecular flexibility index (Phi) is 5.37. The predicted octanol–water partition coefficient (Wildman–Crippen LogP) is 5.51. The van der Waals surface area contributed by atoms with Gasteiger partial charge in [-0.2, -0.15) is 0 Å². The lowest BCUT2D eigenvalue weighted by atomic mass is 10.1. The third-order valence-electron chi connectivity index (χ3n) is 3.54. The summed E-state index contributed by atoms with van der Waals surface area (Å²) in [6.45, 7) is 2.08. The van der Waals surface area contributed by atoms with Gasteiger partial charge in [0, 0.05) is 10.0 Å². The van der Waals surface area contributed by atoms with Gasteiger partial charge in [-0.15, -0.1) is 0 Å². The minimum Gasteiger partial charge on any atom is -0.454 e. The van der Waals surface area contributed by atoms with Crippen LogP contribution in [0.1, 0.15) is 28.9 Å². The van der Waals surface area contributed by atoms with Crippen molar-refractivity contribution in [2.75, 3.05) is 6.79 Å². The summed E-state index contributed by atoms with van der Waals surface area (Å²) in [5, 5.41) is 0.355. The number of fused-ring (bicyclic) bond motifs is 1. The molecule has 4 nitrogen and oxygen atoms in total. The quantitative estimate of drug-likeness (QED) is 0.431. The summed E-state index contributed by atoms with van der Waals surface area (Å²) in [4.78, 5) is 12.4. The molecular formula is C17H13Br2ClO4. The first kappa shape index (κ1) is 17.6. The summed E-state index contributed by atoms with van der Waals surface area (Å²) in [7, 11) is 0. The summed E-state index contributed by atoms with van der Waals surface area (Å²) < 4.78 is 17.2. The fourth-order valence-electron chi connectivity index (χ4n) is 2.36. The van der Waals surface area contributed by atoms with Gasteiger partial charge in [0.1, 0.15) is 6.10 Å². The van der Waals surface area contributed by atoms with E-state index >= 15 is 0 Å². The monoisotopic (exact) mass is 474 g/mol. The van der Waals surface area contributed by atoms with Gasteiger partial charge in [0.25, 0.3) is 0 Å². The summed E-state index contributed by atoms with van der Waals surface area (Å²) in [5.41, 5.74) is 1.11. The molecule has 0 unspecified atom stereocenters. The Morgan fingerprint density at radius 3 is 2.58 bits per heavy atom. The lowest BCUT2D eigenvalue weighted by molar-refractivity contribution is 0.0302. The van der Waals surface area contributed by atoms with Crippen LogP contribution in [0.25, 0.3) is 0 Å². The third kappa shape index (κ3) is 3.55. The molecule has 0 saturated heterocycles. The van der Waals surface area contributed by atoms with Gasteiger partial charge in [-0.1, -0.05) is 55.6 Å². The molecule has 0 amide bonds. The summed E-state index contributed by atoms with van der Waals surface area (Å²) >= 11 is 13.1. The molecule has 24 heavy (non-hydrogen) atoms. The van der Waals surface area contributed by atoms with Crippen LogP contribution in [0, 0.1) is 0 Å². The molecule has 0 bridgehead atoms. The van der Waals surface area contributed by atoms with Crippen molar-refractivity contribution in [1.82, 2.24) is 0 Å². The highest BCUT2D eigenvalue weighted by Gasteiger charge is 2.28. The molecule has 1 aliphatic rings. The molecule has 0 spiro atoms. The van der Waals surface area contributed by atoms with Gasteiger partial charge in [0.05, 0.1) is 15.4 Å². The summed E-state index contributed by atoms with van der Waals surface area (Å²) in [5.74, 6) is 0.797. The van der Waals surface area contributed by atoms with E-state index in [-0.39, 0.29) is 11.6 Å². The van der Waals surface area contributed by atoms with Crippen LogP contribution >= 0.6 is 43.5 Å². The van der Waals surface area contributed by atoms with Crippen LogP contribution in [0.15, 0.2) is 40.9 Å². The van der Waals surface area contributed by atoms with Crippen LogP contribution in [0.3, 0.4) is 0 Å². The molecule has 0 fully saturated rings. The lowest BCUT2D eigenvalue weighted by Crippen LogP contribution is -2.18. The average Bonchev–Trinajstić information content (AvgIpc) is 2.99. The Bertz CT molecular complexity index is 779. The standard InChI is InChI=1S/C17H13Br2ClO4/c1-9(18)16(24-17(21)10-4-2-3-5-13(10)20)11-6-14-15(7-12(11)19)23-8-22-14/h2-7,9,16H,8H2,1H3/t9-,16+/m1/s1. The first-order chi connectivity index (χ1) is 11.5. The molecule has 0 radical (unpaired) electrons. The highest BCUT2D eigenvalue weighted by atomic mass is 79.9. The number of esters is 1. The molecule has 2 atom stereocenters. The first-order valence-corrected chi connectivity index (χ1v) is 9.24. The zero-order chi connectivity index (χ0) is 17.3. The van der Waals surface area contributed by atoms with Gasteiger partial charge in [-0.05, 0) is 31.2 Å².